The van der Waals surface area contributed by atoms with E-state index in [9.17, 15) is 5.41 Å². The number of hydrogen-bond donors (Lipinski definition) is 1. The van der Waals surface area contributed by atoms with Gasteiger partial charge in [-0.05, 0) is 79.7 Å². The van der Waals surface area contributed by atoms with Crippen LogP contribution >= 0.6 is 0 Å². The van der Waals surface area contributed by atoms with Gasteiger partial charge in [0, 0.05) is 38.3 Å². The average molecular weight is 656 g/mol. The van der Waals surface area contributed by atoms with Gasteiger partial charge in [-0.15, -0.1) is 0 Å². The van der Waals surface area contributed by atoms with E-state index in [0.717, 1.165) is 33.4 Å². The Kier molecular flexibility index (Phi) is 6.13. The van der Waals surface area contributed by atoms with Crippen LogP contribution in [0.3, 0.4) is 0 Å². The number of fused-ring (bicyclic) bond motifs is 9. The molecule has 51 heavy (non-hydrogen) atoms. The number of aliphatic imine (C=N–C) groups is 1. The summed E-state index contributed by atoms with van der Waals surface area (Å²) in [6.45, 7) is 9.08. The van der Waals surface area contributed by atoms with Crippen LogP contribution in [0.15, 0.2) is 150 Å². The first-order valence-electron chi connectivity index (χ1n) is 17.8. The molecule has 2 aliphatic rings. The molecule has 10 rings (SSSR count). The van der Waals surface area contributed by atoms with Crippen LogP contribution in [0.2, 0.25) is 0 Å². The maximum atomic E-state index is 9.89. The van der Waals surface area contributed by atoms with Gasteiger partial charge in [0.25, 0.3) is 0 Å². The van der Waals surface area contributed by atoms with Gasteiger partial charge in [0.15, 0.2) is 0 Å². The molecule has 0 saturated carbocycles. The molecular formula is C48H37N3. The first-order chi connectivity index (χ1) is 24.7. The van der Waals surface area contributed by atoms with Crippen molar-refractivity contribution in [1.29, 1.82) is 5.41 Å². The van der Waals surface area contributed by atoms with Gasteiger partial charge in [0.1, 0.15) is 6.34 Å². The zero-order valence-electron chi connectivity index (χ0n) is 29.3. The molecule has 0 amide bonds. The normalized spacial score (nSPS) is 15.7. The Labute approximate surface area is 297 Å². The largest absolute Gasteiger partial charge is 0.300 e. The second kappa shape index (κ2) is 10.5. The number of allylic oxidation sites excluding steroid dienone is 1. The van der Waals surface area contributed by atoms with Crippen LogP contribution in [0.25, 0.3) is 60.2 Å². The first kappa shape index (κ1) is 29.8. The summed E-state index contributed by atoms with van der Waals surface area (Å²) in [5.74, 6) is 0. The monoisotopic (exact) mass is 655 g/mol. The van der Waals surface area contributed by atoms with Crippen molar-refractivity contribution >= 4 is 61.1 Å². The Hall–Kier alpha value is -6.06. The van der Waals surface area contributed by atoms with Crippen molar-refractivity contribution in [2.24, 2.45) is 4.99 Å². The minimum Gasteiger partial charge on any atom is -0.300 e. The molecular weight excluding hydrogens is 619 g/mol. The molecule has 0 fully saturated rings. The van der Waals surface area contributed by atoms with Crippen LogP contribution in [-0.2, 0) is 10.8 Å². The molecule has 1 aromatic heterocycles. The van der Waals surface area contributed by atoms with Gasteiger partial charge in [-0.25, -0.2) is 4.99 Å². The van der Waals surface area contributed by atoms with E-state index in [1.807, 2.05) is 6.34 Å². The summed E-state index contributed by atoms with van der Waals surface area (Å²) in [6.07, 6.45) is 2.00. The predicted molar refractivity (Wildman–Crippen MR) is 216 cm³/mol. The molecule has 8 aromatic rings. The molecule has 3 nitrogen and oxygen atoms in total. The molecule has 1 N–H and O–H groups in total. The Bertz CT molecular complexity index is 2780. The van der Waals surface area contributed by atoms with E-state index >= 15 is 0 Å². The molecule has 3 heteroatoms. The Morgan fingerprint density at radius 1 is 0.529 bits per heavy atom. The van der Waals surface area contributed by atoms with Gasteiger partial charge < -0.3 is 0 Å². The van der Waals surface area contributed by atoms with Crippen molar-refractivity contribution in [2.75, 3.05) is 0 Å². The maximum Gasteiger partial charge on any atom is 0.100 e. The first-order valence-corrected chi connectivity index (χ1v) is 17.8. The van der Waals surface area contributed by atoms with Crippen molar-refractivity contribution in [3.8, 4) is 11.1 Å². The lowest BCUT2D eigenvalue weighted by atomic mass is 9.77. The van der Waals surface area contributed by atoms with Crippen LogP contribution in [0.4, 0.5) is 0 Å². The third-order valence-electron chi connectivity index (χ3n) is 11.7. The maximum absolute atomic E-state index is 9.89. The summed E-state index contributed by atoms with van der Waals surface area (Å²) in [5.41, 5.74) is 12.4. The highest BCUT2D eigenvalue weighted by Crippen LogP contribution is 2.51. The smallest absolute Gasteiger partial charge is 0.100 e. The third-order valence-corrected chi connectivity index (χ3v) is 11.7. The summed E-state index contributed by atoms with van der Waals surface area (Å²) in [6, 6.07) is 50.2. The standard InChI is InChI=1S/C48H37N3/c1-47(2)39-19-11-9-17-34(39)36-25-33(21-22-41(36)47)45(49)44-46(35-18-10-12-20-40(35)48(44,3)4)50-28-51-42-26-31-15-7-5-13-29(31)23-37(42)38-24-30-14-6-8-16-32(30)27-43(38)51/h5-28,49H,1-4H3/b49-45?,50-28+. The van der Waals surface area contributed by atoms with Crippen molar-refractivity contribution < 1.29 is 0 Å². The van der Waals surface area contributed by atoms with E-state index in [0.29, 0.717) is 5.71 Å². The van der Waals surface area contributed by atoms with E-state index in [1.165, 1.54) is 60.1 Å². The van der Waals surface area contributed by atoms with E-state index in [4.69, 9.17) is 4.99 Å². The topological polar surface area (TPSA) is 41.1 Å². The number of benzene rings is 7. The lowest BCUT2D eigenvalue weighted by Crippen LogP contribution is -2.23. The molecule has 0 unspecified atom stereocenters. The SMILES string of the molecule is CC1(C)C(C(=N)c2ccc3c(c2)-c2ccccc2C3(C)C)=C(/N=C/n2c3cc4ccccc4cc3c3cc4ccccc4cc32)c2ccccc21. The van der Waals surface area contributed by atoms with Gasteiger partial charge in [-0.1, -0.05) is 137 Å². The van der Waals surface area contributed by atoms with Crippen LogP contribution in [-0.4, -0.2) is 16.6 Å². The van der Waals surface area contributed by atoms with E-state index in [1.54, 1.807) is 0 Å². The van der Waals surface area contributed by atoms with Gasteiger partial charge >= 0.3 is 0 Å². The molecule has 0 bridgehead atoms. The van der Waals surface area contributed by atoms with Gasteiger partial charge in [0.2, 0.25) is 0 Å². The number of aromatic nitrogens is 1. The molecule has 1 heterocycles. The predicted octanol–water partition coefficient (Wildman–Crippen LogP) is 12.1. The highest BCUT2D eigenvalue weighted by Gasteiger charge is 2.41. The van der Waals surface area contributed by atoms with Crippen LogP contribution in [0, 0.1) is 5.41 Å². The highest BCUT2D eigenvalue weighted by molar-refractivity contribution is 6.20. The number of rotatable bonds is 4. The second-order valence-corrected chi connectivity index (χ2v) is 15.2. The summed E-state index contributed by atoms with van der Waals surface area (Å²) < 4.78 is 2.25. The van der Waals surface area contributed by atoms with Crippen molar-refractivity contribution in [2.45, 2.75) is 38.5 Å². The Balaban J connectivity index is 1.19. The van der Waals surface area contributed by atoms with Crippen molar-refractivity contribution in [3.05, 3.63) is 173 Å². The molecule has 0 atom stereocenters. The molecule has 0 spiro atoms. The van der Waals surface area contributed by atoms with Gasteiger partial charge in [0.05, 0.1) is 22.4 Å². The highest BCUT2D eigenvalue weighted by atomic mass is 15.0. The van der Waals surface area contributed by atoms with Gasteiger partial charge in [-0.2, -0.15) is 0 Å². The summed E-state index contributed by atoms with van der Waals surface area (Å²) in [5, 5.41) is 17.1. The fourth-order valence-corrected chi connectivity index (χ4v) is 9.04. The lowest BCUT2D eigenvalue weighted by molar-refractivity contribution is 0.659. The Morgan fingerprint density at radius 3 is 1.63 bits per heavy atom. The summed E-state index contributed by atoms with van der Waals surface area (Å²) in [7, 11) is 0. The van der Waals surface area contributed by atoms with Gasteiger partial charge in [-0.3, -0.25) is 9.98 Å². The Morgan fingerprint density at radius 2 is 1.02 bits per heavy atom. The molecule has 0 radical (unpaired) electrons. The molecule has 7 aromatic carbocycles. The summed E-state index contributed by atoms with van der Waals surface area (Å²) in [4.78, 5) is 5.40. The molecule has 0 saturated heterocycles. The zero-order valence-corrected chi connectivity index (χ0v) is 29.3. The van der Waals surface area contributed by atoms with Crippen LogP contribution < -0.4 is 0 Å². The quantitative estimate of drug-likeness (QED) is 0.145. The zero-order chi connectivity index (χ0) is 34.6. The fourth-order valence-electron chi connectivity index (χ4n) is 9.04. The van der Waals surface area contributed by atoms with Crippen LogP contribution in [0.1, 0.15) is 55.5 Å². The minimum atomic E-state index is -0.413. The number of hydrogen-bond acceptors (Lipinski definition) is 2. The molecule has 0 aliphatic heterocycles. The third kappa shape index (κ3) is 4.18. The summed E-state index contributed by atoms with van der Waals surface area (Å²) >= 11 is 0. The molecule has 2 aliphatic carbocycles. The molecule has 244 valence electrons. The van der Waals surface area contributed by atoms with Crippen LogP contribution in [0.5, 0.6) is 0 Å². The second-order valence-electron chi connectivity index (χ2n) is 15.2. The minimum absolute atomic E-state index is 0.0802. The number of nitrogens with zero attached hydrogens (tertiary/aromatic N) is 2. The van der Waals surface area contributed by atoms with Crippen molar-refractivity contribution in [3.63, 3.8) is 0 Å². The lowest BCUT2D eigenvalue weighted by Gasteiger charge is -2.25. The van der Waals surface area contributed by atoms with E-state index < -0.39 is 5.41 Å². The van der Waals surface area contributed by atoms with E-state index in [-0.39, 0.29) is 5.41 Å². The van der Waals surface area contributed by atoms with Crippen molar-refractivity contribution in [1.82, 2.24) is 4.57 Å². The average Bonchev–Trinajstić information content (AvgIpc) is 3.66. The fraction of sp³-hybridized carbons (Fsp3) is 0.125. The number of nitrogens with one attached hydrogen (secondary N) is 1. The van der Waals surface area contributed by atoms with E-state index in [2.05, 4.69) is 172 Å².